The van der Waals surface area contributed by atoms with Crippen molar-refractivity contribution in [3.8, 4) is 0 Å². The first-order chi connectivity index (χ1) is 7.27. The average Bonchev–Trinajstić information content (AvgIpc) is 2.28. The van der Waals surface area contributed by atoms with Gasteiger partial charge < -0.3 is 10.6 Å². The van der Waals surface area contributed by atoms with Gasteiger partial charge in [0.1, 0.15) is 5.82 Å². The number of nitrogens with one attached hydrogen (secondary N) is 2. The number of nitrogens with zero attached hydrogens (tertiary/aromatic N) is 1. The lowest BCUT2D eigenvalue weighted by Crippen LogP contribution is -1.98. The molecule has 15 heavy (non-hydrogen) atoms. The largest absolute Gasteiger partial charge is 0.387 e. The van der Waals surface area contributed by atoms with Crippen LogP contribution in [0.4, 0.5) is 11.5 Å². The van der Waals surface area contributed by atoms with Gasteiger partial charge in [-0.2, -0.15) is 0 Å². The third kappa shape index (κ3) is 1.50. The Bertz CT molecular complexity index is 491. The van der Waals surface area contributed by atoms with E-state index in [0.717, 1.165) is 16.9 Å². The number of aromatic nitrogens is 1. The van der Waals surface area contributed by atoms with Gasteiger partial charge >= 0.3 is 0 Å². The van der Waals surface area contributed by atoms with Crippen LogP contribution in [0.3, 0.4) is 0 Å². The second-order valence-electron chi connectivity index (χ2n) is 3.52. The molecule has 2 aromatic rings. The van der Waals surface area contributed by atoms with Gasteiger partial charge in [0.25, 0.3) is 0 Å². The van der Waals surface area contributed by atoms with Crippen molar-refractivity contribution in [3.05, 3.63) is 30.0 Å². The number of hydrogen-bond donors (Lipinski definition) is 2. The van der Waals surface area contributed by atoms with Crippen molar-refractivity contribution in [2.45, 2.75) is 6.92 Å². The highest BCUT2D eigenvalue weighted by Crippen LogP contribution is 2.31. The van der Waals surface area contributed by atoms with Gasteiger partial charge in [0.15, 0.2) is 0 Å². The fraction of sp³-hybridized carbons (Fsp3) is 0.250. The molecule has 0 saturated heterocycles. The molecule has 1 aromatic carbocycles. The molecule has 0 atom stereocenters. The van der Waals surface area contributed by atoms with Crippen molar-refractivity contribution in [2.24, 2.45) is 0 Å². The highest BCUT2D eigenvalue weighted by Gasteiger charge is 2.07. The monoisotopic (exact) mass is 201 g/mol. The molecule has 0 unspecified atom stereocenters. The van der Waals surface area contributed by atoms with Gasteiger partial charge in [0, 0.05) is 31.4 Å². The van der Waals surface area contributed by atoms with Crippen molar-refractivity contribution in [2.75, 3.05) is 24.7 Å². The van der Waals surface area contributed by atoms with Crippen LogP contribution in [-0.4, -0.2) is 19.1 Å². The van der Waals surface area contributed by atoms with Crippen molar-refractivity contribution < 1.29 is 0 Å². The van der Waals surface area contributed by atoms with E-state index in [0.29, 0.717) is 0 Å². The lowest BCUT2D eigenvalue weighted by molar-refractivity contribution is 1.31. The maximum atomic E-state index is 4.32. The molecule has 0 amide bonds. The van der Waals surface area contributed by atoms with Crippen LogP contribution in [0.15, 0.2) is 24.4 Å². The molecule has 0 fully saturated rings. The van der Waals surface area contributed by atoms with Gasteiger partial charge in [-0.3, -0.25) is 0 Å². The molecule has 0 aliphatic carbocycles. The number of aryl methyl sites for hydroxylation is 1. The Kier molecular flexibility index (Phi) is 2.46. The van der Waals surface area contributed by atoms with Crippen LogP contribution < -0.4 is 10.6 Å². The molecule has 2 N–H and O–H groups in total. The van der Waals surface area contributed by atoms with E-state index in [9.17, 15) is 0 Å². The van der Waals surface area contributed by atoms with Crippen LogP contribution in [0.25, 0.3) is 10.8 Å². The maximum Gasteiger partial charge on any atom is 0.135 e. The third-order valence-electron chi connectivity index (χ3n) is 2.63. The van der Waals surface area contributed by atoms with E-state index < -0.39 is 0 Å². The molecule has 0 aliphatic heterocycles. The Morgan fingerprint density at radius 3 is 2.53 bits per heavy atom. The Morgan fingerprint density at radius 2 is 1.87 bits per heavy atom. The standard InChI is InChI=1S/C12H15N3/c1-8-4-5-9-6-7-15-12(14-3)10(9)11(8)13-2/h4-7,13H,1-3H3,(H,14,15). The number of rotatable bonds is 2. The number of pyridine rings is 1. The predicted molar refractivity (Wildman–Crippen MR) is 65.6 cm³/mol. The molecule has 78 valence electrons. The summed E-state index contributed by atoms with van der Waals surface area (Å²) in [7, 11) is 3.83. The first kappa shape index (κ1) is 9.77. The zero-order valence-corrected chi connectivity index (χ0v) is 9.26. The lowest BCUT2D eigenvalue weighted by Gasteiger charge is -2.12. The maximum absolute atomic E-state index is 4.32. The number of hydrogen-bond acceptors (Lipinski definition) is 3. The van der Waals surface area contributed by atoms with Gasteiger partial charge in [-0.1, -0.05) is 12.1 Å². The molecule has 0 aliphatic rings. The molecular formula is C12H15N3. The minimum absolute atomic E-state index is 0.917. The van der Waals surface area contributed by atoms with Crippen LogP contribution >= 0.6 is 0 Å². The summed E-state index contributed by atoms with van der Waals surface area (Å²) in [5.41, 5.74) is 2.37. The molecule has 1 aromatic heterocycles. The summed E-state index contributed by atoms with van der Waals surface area (Å²) in [5, 5.41) is 8.71. The van der Waals surface area contributed by atoms with E-state index in [1.54, 1.807) is 0 Å². The van der Waals surface area contributed by atoms with Crippen LogP contribution in [-0.2, 0) is 0 Å². The number of anilines is 2. The zero-order chi connectivity index (χ0) is 10.8. The van der Waals surface area contributed by atoms with E-state index in [1.165, 1.54) is 10.9 Å². The van der Waals surface area contributed by atoms with Crippen molar-refractivity contribution in [1.82, 2.24) is 4.98 Å². The Balaban J connectivity index is 2.87. The summed E-state index contributed by atoms with van der Waals surface area (Å²) in [6.07, 6.45) is 1.82. The van der Waals surface area contributed by atoms with Crippen LogP contribution in [0.1, 0.15) is 5.56 Å². The lowest BCUT2D eigenvalue weighted by atomic mass is 10.1. The van der Waals surface area contributed by atoms with Crippen LogP contribution in [0.5, 0.6) is 0 Å². The zero-order valence-electron chi connectivity index (χ0n) is 9.26. The second-order valence-corrected chi connectivity index (χ2v) is 3.52. The van der Waals surface area contributed by atoms with E-state index in [1.807, 2.05) is 26.4 Å². The Morgan fingerprint density at radius 1 is 1.07 bits per heavy atom. The molecule has 0 radical (unpaired) electrons. The smallest absolute Gasteiger partial charge is 0.135 e. The highest BCUT2D eigenvalue weighted by molar-refractivity contribution is 6.02. The fourth-order valence-corrected chi connectivity index (χ4v) is 1.89. The number of fused-ring (bicyclic) bond motifs is 1. The molecule has 0 spiro atoms. The molecule has 3 nitrogen and oxygen atoms in total. The molecule has 3 heteroatoms. The minimum Gasteiger partial charge on any atom is -0.387 e. The van der Waals surface area contributed by atoms with E-state index in [4.69, 9.17) is 0 Å². The van der Waals surface area contributed by atoms with Crippen molar-refractivity contribution in [1.29, 1.82) is 0 Å². The molecular weight excluding hydrogens is 186 g/mol. The van der Waals surface area contributed by atoms with Crippen molar-refractivity contribution >= 4 is 22.3 Å². The summed E-state index contributed by atoms with van der Waals surface area (Å²) >= 11 is 0. The summed E-state index contributed by atoms with van der Waals surface area (Å²) in [4.78, 5) is 4.32. The molecule has 2 rings (SSSR count). The van der Waals surface area contributed by atoms with Crippen molar-refractivity contribution in [3.63, 3.8) is 0 Å². The minimum atomic E-state index is 0.917. The van der Waals surface area contributed by atoms with Crippen LogP contribution in [0, 0.1) is 6.92 Å². The molecule has 0 bridgehead atoms. The van der Waals surface area contributed by atoms with Gasteiger partial charge in [-0.25, -0.2) is 4.98 Å². The molecule has 1 heterocycles. The summed E-state index contributed by atoms with van der Waals surface area (Å²) in [6, 6.07) is 6.26. The summed E-state index contributed by atoms with van der Waals surface area (Å²) in [6.45, 7) is 2.09. The quantitative estimate of drug-likeness (QED) is 0.784. The summed E-state index contributed by atoms with van der Waals surface area (Å²) < 4.78 is 0. The van der Waals surface area contributed by atoms with Gasteiger partial charge in [0.05, 0.1) is 0 Å². The predicted octanol–water partition coefficient (Wildman–Crippen LogP) is 2.63. The van der Waals surface area contributed by atoms with E-state index >= 15 is 0 Å². The third-order valence-corrected chi connectivity index (χ3v) is 2.63. The normalized spacial score (nSPS) is 10.3. The topological polar surface area (TPSA) is 37.0 Å². The summed E-state index contributed by atoms with van der Waals surface area (Å²) in [5.74, 6) is 0.917. The second kappa shape index (κ2) is 3.77. The SMILES string of the molecule is CNc1nccc2ccc(C)c(NC)c12. The molecule has 0 saturated carbocycles. The Labute approximate surface area is 89.5 Å². The van der Waals surface area contributed by atoms with E-state index in [-0.39, 0.29) is 0 Å². The van der Waals surface area contributed by atoms with Gasteiger partial charge in [-0.15, -0.1) is 0 Å². The fourth-order valence-electron chi connectivity index (χ4n) is 1.89. The Hall–Kier alpha value is -1.77. The van der Waals surface area contributed by atoms with Crippen LogP contribution in [0.2, 0.25) is 0 Å². The first-order valence-electron chi connectivity index (χ1n) is 5.01. The highest BCUT2D eigenvalue weighted by atomic mass is 15.0. The average molecular weight is 201 g/mol. The van der Waals surface area contributed by atoms with Gasteiger partial charge in [-0.05, 0) is 23.9 Å². The number of benzene rings is 1. The van der Waals surface area contributed by atoms with E-state index in [2.05, 4.69) is 34.7 Å². The van der Waals surface area contributed by atoms with Gasteiger partial charge in [0.2, 0.25) is 0 Å². The first-order valence-corrected chi connectivity index (χ1v) is 5.01.